The van der Waals surface area contributed by atoms with Gasteiger partial charge in [0.1, 0.15) is 11.5 Å². The lowest BCUT2D eigenvalue weighted by Crippen LogP contribution is -2.21. The third kappa shape index (κ3) is 5.16. The first-order chi connectivity index (χ1) is 14.8. The Balaban J connectivity index is 1.62. The summed E-state index contributed by atoms with van der Waals surface area (Å²) in [5.41, 5.74) is 3.38. The molecule has 0 atom stereocenters. The van der Waals surface area contributed by atoms with Crippen LogP contribution in [0.15, 0.2) is 42.5 Å². The number of nitrogens with one attached hydrogen (secondary N) is 1. The van der Waals surface area contributed by atoms with Gasteiger partial charge in [0.2, 0.25) is 0 Å². The molecule has 9 heteroatoms. The van der Waals surface area contributed by atoms with Crippen LogP contribution in [0.4, 0.5) is 5.69 Å². The van der Waals surface area contributed by atoms with Crippen molar-refractivity contribution in [2.45, 2.75) is 13.8 Å². The highest BCUT2D eigenvalue weighted by atomic mass is 35.5. The predicted molar refractivity (Wildman–Crippen MR) is 117 cm³/mol. The Morgan fingerprint density at radius 3 is 2.29 bits per heavy atom. The highest BCUT2D eigenvalue weighted by Gasteiger charge is 2.15. The van der Waals surface area contributed by atoms with Crippen LogP contribution in [0.3, 0.4) is 0 Å². The molecule has 0 aliphatic rings. The van der Waals surface area contributed by atoms with E-state index in [1.54, 1.807) is 28.9 Å². The average Bonchev–Trinajstić information content (AvgIpc) is 3.10. The molecular weight excluding hydrogens is 422 g/mol. The zero-order chi connectivity index (χ0) is 22.5. The first kappa shape index (κ1) is 22.2. The molecule has 1 N–H and O–H groups in total. The fourth-order valence-electron chi connectivity index (χ4n) is 2.99. The largest absolute Gasteiger partial charge is 0.495 e. The third-order valence-electron chi connectivity index (χ3n) is 4.44. The molecule has 1 amide bonds. The van der Waals surface area contributed by atoms with Gasteiger partial charge in [-0.2, -0.15) is 5.10 Å². The molecule has 0 saturated heterocycles. The molecule has 0 unspecified atom stereocenters. The van der Waals surface area contributed by atoms with Gasteiger partial charge in [-0.15, -0.1) is 0 Å². The zero-order valence-corrected chi connectivity index (χ0v) is 18.3. The minimum atomic E-state index is -0.615. The van der Waals surface area contributed by atoms with Gasteiger partial charge < -0.3 is 19.5 Å². The molecule has 162 valence electrons. The van der Waals surface area contributed by atoms with Crippen LogP contribution >= 0.6 is 11.6 Å². The number of amides is 1. The van der Waals surface area contributed by atoms with Crippen molar-refractivity contribution in [2.75, 3.05) is 26.1 Å². The van der Waals surface area contributed by atoms with E-state index < -0.39 is 18.5 Å². The van der Waals surface area contributed by atoms with Gasteiger partial charge in [-0.05, 0) is 44.2 Å². The van der Waals surface area contributed by atoms with Gasteiger partial charge >= 0.3 is 5.97 Å². The molecule has 1 heterocycles. The highest BCUT2D eigenvalue weighted by molar-refractivity contribution is 6.32. The summed E-state index contributed by atoms with van der Waals surface area (Å²) >= 11 is 6.05. The van der Waals surface area contributed by atoms with Crippen LogP contribution in [0.1, 0.15) is 21.7 Å². The number of carbonyl (C=O) groups excluding carboxylic acids is 2. The third-order valence-corrected chi connectivity index (χ3v) is 4.73. The van der Waals surface area contributed by atoms with Crippen molar-refractivity contribution in [3.63, 3.8) is 0 Å². The maximum Gasteiger partial charge on any atom is 0.338 e. The number of hydrogen-bond donors (Lipinski definition) is 1. The van der Waals surface area contributed by atoms with Crippen LogP contribution < -0.4 is 14.8 Å². The Bertz CT molecular complexity index is 1110. The van der Waals surface area contributed by atoms with Crippen LogP contribution in [0, 0.1) is 13.8 Å². The molecule has 0 aliphatic carbocycles. The Hall–Kier alpha value is -3.52. The van der Waals surface area contributed by atoms with Crippen molar-refractivity contribution < 1.29 is 23.8 Å². The first-order valence-electron chi connectivity index (χ1n) is 9.34. The molecule has 0 fully saturated rings. The fraction of sp³-hybridized carbons (Fsp3) is 0.227. The molecule has 3 aromatic rings. The highest BCUT2D eigenvalue weighted by Crippen LogP contribution is 2.35. The number of methoxy groups -OCH3 is 2. The molecule has 8 nitrogen and oxygen atoms in total. The number of carbonyl (C=O) groups is 2. The van der Waals surface area contributed by atoms with Gasteiger partial charge in [0.25, 0.3) is 5.91 Å². The van der Waals surface area contributed by atoms with E-state index in [4.69, 9.17) is 25.8 Å². The second kappa shape index (κ2) is 9.53. The summed E-state index contributed by atoms with van der Waals surface area (Å²) in [6.45, 7) is 3.40. The van der Waals surface area contributed by atoms with Crippen molar-refractivity contribution in [1.29, 1.82) is 0 Å². The summed E-state index contributed by atoms with van der Waals surface area (Å²) in [6, 6.07) is 11.8. The van der Waals surface area contributed by atoms with E-state index in [9.17, 15) is 9.59 Å². The lowest BCUT2D eigenvalue weighted by atomic mass is 10.2. The SMILES string of the molecule is COc1cc(NC(=O)COC(=O)c2ccc(-n3nc(C)cc3C)cc2)c(OC)cc1Cl. The molecule has 0 bridgehead atoms. The molecule has 0 aliphatic heterocycles. The molecule has 0 radical (unpaired) electrons. The second-order valence-corrected chi connectivity index (χ2v) is 7.10. The number of ether oxygens (including phenoxy) is 3. The van der Waals surface area contributed by atoms with Crippen molar-refractivity contribution in [2.24, 2.45) is 0 Å². The van der Waals surface area contributed by atoms with E-state index >= 15 is 0 Å². The Kier molecular flexibility index (Phi) is 6.81. The van der Waals surface area contributed by atoms with E-state index in [-0.39, 0.29) is 0 Å². The van der Waals surface area contributed by atoms with Gasteiger partial charge in [-0.3, -0.25) is 4.79 Å². The summed E-state index contributed by atoms with van der Waals surface area (Å²) in [4.78, 5) is 24.6. The van der Waals surface area contributed by atoms with Crippen LogP contribution in [-0.4, -0.2) is 42.5 Å². The van der Waals surface area contributed by atoms with Crippen LogP contribution in [-0.2, 0) is 9.53 Å². The maximum absolute atomic E-state index is 12.3. The first-order valence-corrected chi connectivity index (χ1v) is 9.72. The number of halogens is 1. The van der Waals surface area contributed by atoms with Crippen LogP contribution in [0.5, 0.6) is 11.5 Å². The lowest BCUT2D eigenvalue weighted by Gasteiger charge is -2.13. The van der Waals surface area contributed by atoms with E-state index in [1.807, 2.05) is 19.9 Å². The second-order valence-electron chi connectivity index (χ2n) is 6.70. The average molecular weight is 444 g/mol. The van der Waals surface area contributed by atoms with E-state index in [1.165, 1.54) is 26.4 Å². The van der Waals surface area contributed by atoms with Gasteiger partial charge in [0.15, 0.2) is 6.61 Å². The van der Waals surface area contributed by atoms with E-state index in [0.717, 1.165) is 17.1 Å². The molecule has 0 spiro atoms. The van der Waals surface area contributed by atoms with E-state index in [0.29, 0.717) is 27.8 Å². The van der Waals surface area contributed by atoms with Gasteiger partial charge in [0.05, 0.1) is 41.9 Å². The number of nitrogens with zero attached hydrogens (tertiary/aromatic N) is 2. The van der Waals surface area contributed by atoms with Crippen molar-refractivity contribution >= 4 is 29.2 Å². The minimum Gasteiger partial charge on any atom is -0.495 e. The Morgan fingerprint density at radius 1 is 1.03 bits per heavy atom. The smallest absolute Gasteiger partial charge is 0.338 e. The fourth-order valence-corrected chi connectivity index (χ4v) is 3.22. The number of rotatable bonds is 7. The monoisotopic (exact) mass is 443 g/mol. The Labute approximate surface area is 184 Å². The standard InChI is InChI=1S/C22H22ClN3O5/c1-13-9-14(2)26(25-13)16-7-5-15(6-8-16)22(28)31-12-21(27)24-18-11-19(29-3)17(23)10-20(18)30-4/h5-11H,12H2,1-4H3,(H,24,27). The normalized spacial score (nSPS) is 10.5. The maximum atomic E-state index is 12.3. The molecular formula is C22H22ClN3O5. The van der Waals surface area contributed by atoms with Gasteiger partial charge in [-0.25, -0.2) is 9.48 Å². The van der Waals surface area contributed by atoms with Crippen molar-refractivity contribution in [1.82, 2.24) is 9.78 Å². The van der Waals surface area contributed by atoms with Crippen molar-refractivity contribution in [3.05, 3.63) is 64.4 Å². The topological polar surface area (TPSA) is 91.7 Å². The minimum absolute atomic E-state index is 0.323. The number of benzene rings is 2. The van der Waals surface area contributed by atoms with Gasteiger partial charge in [-0.1, -0.05) is 11.6 Å². The molecule has 2 aromatic carbocycles. The molecule has 31 heavy (non-hydrogen) atoms. The van der Waals surface area contributed by atoms with Gasteiger partial charge in [0, 0.05) is 17.8 Å². The summed E-state index contributed by atoms with van der Waals surface area (Å²) in [5.74, 6) is -0.423. The molecule has 1 aromatic heterocycles. The number of esters is 1. The summed E-state index contributed by atoms with van der Waals surface area (Å²) in [7, 11) is 2.91. The summed E-state index contributed by atoms with van der Waals surface area (Å²) in [5, 5.41) is 7.36. The summed E-state index contributed by atoms with van der Waals surface area (Å²) < 4.78 is 17.3. The predicted octanol–water partition coefficient (Wildman–Crippen LogP) is 3.96. The van der Waals surface area contributed by atoms with E-state index in [2.05, 4.69) is 10.4 Å². The number of aryl methyl sites for hydroxylation is 2. The number of aromatic nitrogens is 2. The molecule has 3 rings (SSSR count). The number of anilines is 1. The van der Waals surface area contributed by atoms with Crippen molar-refractivity contribution in [3.8, 4) is 17.2 Å². The number of hydrogen-bond acceptors (Lipinski definition) is 6. The Morgan fingerprint density at radius 2 is 1.71 bits per heavy atom. The molecule has 0 saturated carbocycles. The van der Waals surface area contributed by atoms with Crippen LogP contribution in [0.2, 0.25) is 5.02 Å². The zero-order valence-electron chi connectivity index (χ0n) is 17.6. The van der Waals surface area contributed by atoms with Crippen LogP contribution in [0.25, 0.3) is 5.69 Å². The summed E-state index contributed by atoms with van der Waals surface area (Å²) in [6.07, 6.45) is 0. The lowest BCUT2D eigenvalue weighted by molar-refractivity contribution is -0.119. The quantitative estimate of drug-likeness (QED) is 0.556.